The Morgan fingerprint density at radius 2 is 0.470 bits per heavy atom. The molecule has 0 heterocycles. The number of hydrogen-bond acceptors (Lipinski definition) is 6. The van der Waals surface area contributed by atoms with Crippen LogP contribution in [0.1, 0.15) is 316 Å². The van der Waals surface area contributed by atoms with Crippen LogP contribution in [0, 0.1) is 0 Å². The summed E-state index contributed by atoms with van der Waals surface area (Å²) in [4.78, 5) is 31.0. The molecule has 9 nitrogen and oxygen atoms in total. The van der Waals surface area contributed by atoms with E-state index >= 15 is 0 Å². The summed E-state index contributed by atoms with van der Waals surface area (Å²) >= 11 is 0. The average molecular weight is 944 g/mol. The quantitative estimate of drug-likeness (QED) is 0.0256. The molecule has 0 saturated carbocycles. The van der Waals surface area contributed by atoms with Gasteiger partial charge in [-0.2, -0.15) is 0 Å². The minimum Gasteiger partial charge on any atom is -0.481 e. The van der Waals surface area contributed by atoms with E-state index in [0.29, 0.717) is 19.3 Å². The van der Waals surface area contributed by atoms with Crippen molar-refractivity contribution in [1.82, 2.24) is 0 Å². The van der Waals surface area contributed by atoms with Gasteiger partial charge in [0, 0.05) is 19.3 Å². The minimum absolute atomic E-state index is 0.332. The van der Waals surface area contributed by atoms with Gasteiger partial charge in [0.05, 0.1) is 13.2 Å². The molecule has 6 N–H and O–H groups in total. The van der Waals surface area contributed by atoms with Gasteiger partial charge in [-0.1, -0.05) is 264 Å². The van der Waals surface area contributed by atoms with Crippen molar-refractivity contribution in [3.05, 3.63) is 12.2 Å². The van der Waals surface area contributed by atoms with E-state index in [2.05, 4.69) is 32.9 Å². The first-order valence-electron chi connectivity index (χ1n) is 28.3. The van der Waals surface area contributed by atoms with Crippen LogP contribution < -0.4 is 0 Å². The smallest absolute Gasteiger partial charge is 0.303 e. The predicted octanol–water partition coefficient (Wildman–Crippen LogP) is 17.1. The molecule has 0 aliphatic heterocycles. The Kier molecular flexibility index (Phi) is 72.0. The highest BCUT2D eigenvalue weighted by Crippen LogP contribution is 2.16. The van der Waals surface area contributed by atoms with E-state index in [4.69, 9.17) is 30.6 Å². The number of aliphatic hydroxyl groups excluding tert-OH is 3. The fourth-order valence-corrected chi connectivity index (χ4v) is 7.70. The molecule has 0 aliphatic carbocycles. The fourth-order valence-electron chi connectivity index (χ4n) is 7.70. The van der Waals surface area contributed by atoms with Gasteiger partial charge in [-0.05, 0) is 44.9 Å². The van der Waals surface area contributed by atoms with Crippen molar-refractivity contribution in [3.8, 4) is 0 Å². The van der Waals surface area contributed by atoms with Crippen LogP contribution in [0.15, 0.2) is 12.2 Å². The molecule has 0 fully saturated rings. The molecule has 66 heavy (non-hydrogen) atoms. The second kappa shape index (κ2) is 67.3. The molecule has 0 amide bonds. The fraction of sp³-hybridized carbons (Fsp3) is 0.912. The third-order valence-corrected chi connectivity index (χ3v) is 12.1. The van der Waals surface area contributed by atoms with E-state index in [9.17, 15) is 14.4 Å². The van der Waals surface area contributed by atoms with Gasteiger partial charge in [-0.3, -0.25) is 14.4 Å². The summed E-state index contributed by atoms with van der Waals surface area (Å²) < 4.78 is 0. The van der Waals surface area contributed by atoms with Gasteiger partial charge in [0.15, 0.2) is 0 Å². The number of aliphatic carboxylic acids is 3. The predicted molar refractivity (Wildman–Crippen MR) is 282 cm³/mol. The van der Waals surface area contributed by atoms with E-state index in [0.717, 1.165) is 38.5 Å². The molecule has 0 atom stereocenters. The minimum atomic E-state index is -0.954. The van der Waals surface area contributed by atoms with Crippen LogP contribution in [0.5, 0.6) is 0 Å². The number of hydrogen-bond donors (Lipinski definition) is 6. The molecule has 0 saturated heterocycles. The van der Waals surface area contributed by atoms with E-state index in [1.165, 1.54) is 238 Å². The zero-order valence-electron chi connectivity index (χ0n) is 44.1. The van der Waals surface area contributed by atoms with Crippen molar-refractivity contribution in [2.75, 3.05) is 13.2 Å². The highest BCUT2D eigenvalue weighted by molar-refractivity contribution is 5.67. The van der Waals surface area contributed by atoms with Crippen LogP contribution in [0.4, 0.5) is 0 Å². The standard InChI is InChI=1S/2C18H36O2.C18H34O2.C3H8O3/c3*1-2-3-4-5-6-7-8-9-10-11-12-13-14-15-16-17-18(19)20;4-1-3(6)2-5/h2*2-17H2,1H3,(H,19,20);9-10H,2-8,11-17H2,1H3,(H,19,20);3-6H,1-2H2. The maximum absolute atomic E-state index is 10.3. The lowest BCUT2D eigenvalue weighted by molar-refractivity contribution is -0.138. The third-order valence-electron chi connectivity index (χ3n) is 12.1. The first-order chi connectivity index (χ1) is 32.1. The number of carboxylic acids is 3. The first-order valence-corrected chi connectivity index (χ1v) is 28.3. The van der Waals surface area contributed by atoms with E-state index in [1.807, 2.05) is 0 Å². The molecule has 396 valence electrons. The zero-order chi connectivity index (χ0) is 49.7. The summed E-state index contributed by atoms with van der Waals surface area (Å²) in [5.41, 5.74) is 0. The van der Waals surface area contributed by atoms with E-state index < -0.39 is 24.0 Å². The summed E-state index contributed by atoms with van der Waals surface area (Å²) in [6.07, 6.45) is 60.7. The van der Waals surface area contributed by atoms with Crippen LogP contribution in [0.2, 0.25) is 0 Å². The third kappa shape index (κ3) is 82.2. The molecular weight excluding hydrogens is 829 g/mol. The maximum Gasteiger partial charge on any atom is 0.303 e. The largest absolute Gasteiger partial charge is 0.481 e. The van der Waals surface area contributed by atoms with Crippen LogP contribution in [0.3, 0.4) is 0 Å². The van der Waals surface area contributed by atoms with Crippen LogP contribution in [-0.4, -0.2) is 67.9 Å². The summed E-state index contributed by atoms with van der Waals surface area (Å²) in [5, 5.41) is 49.6. The maximum atomic E-state index is 10.3. The second-order valence-electron chi connectivity index (χ2n) is 18.9. The Bertz CT molecular complexity index is 893. The van der Waals surface area contributed by atoms with Crippen molar-refractivity contribution in [3.63, 3.8) is 0 Å². The zero-order valence-corrected chi connectivity index (χ0v) is 44.1. The Hall–Kier alpha value is -1.97. The molecular formula is C57H114O9. The lowest BCUT2D eigenvalue weighted by Gasteiger charge is -2.03. The van der Waals surface area contributed by atoms with E-state index in [-0.39, 0.29) is 13.2 Å². The van der Waals surface area contributed by atoms with Crippen molar-refractivity contribution in [2.45, 2.75) is 322 Å². The van der Waals surface area contributed by atoms with Crippen molar-refractivity contribution >= 4 is 17.9 Å². The number of unbranched alkanes of at least 4 members (excludes halogenated alkanes) is 39. The van der Waals surface area contributed by atoms with Crippen LogP contribution in [-0.2, 0) is 14.4 Å². The first kappa shape index (κ1) is 70.6. The summed E-state index contributed by atoms with van der Waals surface area (Å²) in [7, 11) is 0. The molecule has 0 spiro atoms. The molecule has 0 aliphatic rings. The summed E-state index contributed by atoms with van der Waals surface area (Å²) in [6.45, 7) is 6.07. The van der Waals surface area contributed by atoms with Gasteiger partial charge in [0.1, 0.15) is 6.10 Å². The number of carbonyl (C=O) groups is 3. The Morgan fingerprint density at radius 3 is 0.621 bits per heavy atom. The highest BCUT2D eigenvalue weighted by Gasteiger charge is 2.00. The van der Waals surface area contributed by atoms with Crippen molar-refractivity contribution in [2.24, 2.45) is 0 Å². The molecule has 0 bridgehead atoms. The number of aliphatic hydroxyl groups is 3. The van der Waals surface area contributed by atoms with E-state index in [1.54, 1.807) is 0 Å². The normalized spacial score (nSPS) is 10.9. The lowest BCUT2D eigenvalue weighted by atomic mass is 10.0. The van der Waals surface area contributed by atoms with Crippen molar-refractivity contribution < 1.29 is 45.0 Å². The monoisotopic (exact) mass is 943 g/mol. The van der Waals surface area contributed by atoms with Crippen LogP contribution in [0.25, 0.3) is 0 Å². The molecule has 0 unspecified atom stereocenters. The summed E-state index contributed by atoms with van der Waals surface area (Å²) in [5.74, 6) is -1.97. The molecule has 0 rings (SSSR count). The molecule has 0 aromatic carbocycles. The molecule has 0 aromatic heterocycles. The second-order valence-corrected chi connectivity index (χ2v) is 18.9. The molecule has 0 aromatic rings. The van der Waals surface area contributed by atoms with Crippen molar-refractivity contribution in [1.29, 1.82) is 0 Å². The Balaban J connectivity index is -0.000000410. The van der Waals surface area contributed by atoms with Gasteiger partial charge in [0.25, 0.3) is 0 Å². The average Bonchev–Trinajstić information content (AvgIpc) is 3.30. The van der Waals surface area contributed by atoms with Gasteiger partial charge in [-0.15, -0.1) is 0 Å². The topological polar surface area (TPSA) is 173 Å². The van der Waals surface area contributed by atoms with Gasteiger partial charge in [0.2, 0.25) is 0 Å². The number of carboxylic acid groups (broad SMARTS) is 3. The van der Waals surface area contributed by atoms with Gasteiger partial charge in [-0.25, -0.2) is 0 Å². The lowest BCUT2D eigenvalue weighted by Crippen LogP contribution is -2.15. The van der Waals surface area contributed by atoms with Crippen LogP contribution >= 0.6 is 0 Å². The summed E-state index contributed by atoms with van der Waals surface area (Å²) in [6, 6.07) is 0. The molecule has 9 heteroatoms. The molecule has 0 radical (unpaired) electrons. The van der Waals surface area contributed by atoms with Gasteiger partial charge < -0.3 is 30.6 Å². The Labute approximate surface area is 409 Å². The number of rotatable bonds is 49. The Morgan fingerprint density at radius 1 is 0.303 bits per heavy atom. The number of allylic oxidation sites excluding steroid dienone is 2. The highest BCUT2D eigenvalue weighted by atomic mass is 16.4. The SMILES string of the molecule is CCCCCCCCC=CCCCCCCCC(=O)O.CCCCCCCCCCCCCCCCCC(=O)O.CCCCCCCCCCCCCCCCCC(=O)O.OCC(O)CO. The van der Waals surface area contributed by atoms with Gasteiger partial charge >= 0.3 is 17.9 Å².